The van der Waals surface area contributed by atoms with Crippen LogP contribution in [-0.4, -0.2) is 25.0 Å². The van der Waals surface area contributed by atoms with Crippen LogP contribution in [-0.2, 0) is 6.18 Å². The lowest BCUT2D eigenvalue weighted by Gasteiger charge is -2.23. The number of amides is 1. The van der Waals surface area contributed by atoms with E-state index in [1.165, 1.54) is 12.1 Å². The van der Waals surface area contributed by atoms with E-state index in [2.05, 4.69) is 10.6 Å². The van der Waals surface area contributed by atoms with Crippen LogP contribution in [0.5, 0.6) is 0 Å². The zero-order valence-electron chi connectivity index (χ0n) is 10.7. The van der Waals surface area contributed by atoms with Crippen molar-refractivity contribution in [3.63, 3.8) is 0 Å². The van der Waals surface area contributed by atoms with Crippen molar-refractivity contribution in [2.24, 2.45) is 0 Å². The summed E-state index contributed by atoms with van der Waals surface area (Å²) in [6.07, 6.45) is -2.63. The van der Waals surface area contributed by atoms with Crippen LogP contribution in [0.1, 0.15) is 28.8 Å². The number of nitrogens with one attached hydrogen (secondary N) is 2. The molecule has 2 N–H and O–H groups in total. The van der Waals surface area contributed by atoms with Gasteiger partial charge in [0, 0.05) is 18.2 Å². The van der Waals surface area contributed by atoms with E-state index in [4.69, 9.17) is 0 Å². The van der Waals surface area contributed by atoms with Gasteiger partial charge in [0.1, 0.15) is 0 Å². The van der Waals surface area contributed by atoms with E-state index in [1.54, 1.807) is 0 Å². The van der Waals surface area contributed by atoms with Gasteiger partial charge in [0.2, 0.25) is 0 Å². The molecule has 0 spiro atoms. The Bertz CT molecular complexity index is 459. The van der Waals surface area contributed by atoms with Crippen molar-refractivity contribution in [1.82, 2.24) is 10.6 Å². The Morgan fingerprint density at radius 1 is 1.35 bits per heavy atom. The first-order valence-corrected chi connectivity index (χ1v) is 6.15. The lowest BCUT2D eigenvalue weighted by atomic mass is 10.1. The summed E-state index contributed by atoms with van der Waals surface area (Å²) < 4.78 is 37.6. The fraction of sp³-hybridized carbons (Fsp3) is 0.462. The second kappa shape index (κ2) is 6.95. The number of carbonyl (C=O) groups excluding carboxylic acids is 1. The highest BCUT2D eigenvalue weighted by Gasteiger charge is 2.31. The molecule has 0 bridgehead atoms. The van der Waals surface area contributed by atoms with Gasteiger partial charge in [-0.05, 0) is 37.6 Å². The van der Waals surface area contributed by atoms with Gasteiger partial charge in [-0.25, -0.2) is 0 Å². The van der Waals surface area contributed by atoms with Crippen molar-refractivity contribution in [2.75, 3.05) is 13.1 Å². The molecule has 7 heteroatoms. The average Bonchev–Trinajstić information content (AvgIpc) is 2.39. The predicted octanol–water partition coefficient (Wildman–Crippen LogP) is 2.61. The third-order valence-electron chi connectivity index (χ3n) is 3.08. The normalized spacial score (nSPS) is 19.1. The number of hydrogen-bond donors (Lipinski definition) is 2. The second-order valence-electron chi connectivity index (χ2n) is 4.60. The standard InChI is InChI=1S/C13H15F3N2O.ClH/c14-13(15,16)10-4-1-3-9(7-10)12(19)18-11-5-2-6-17-8-11;/h1,3-4,7,11,17H,2,5-6,8H2,(H,18,19);1H. The smallest absolute Gasteiger partial charge is 0.348 e. The fourth-order valence-corrected chi connectivity index (χ4v) is 2.08. The molecule has 20 heavy (non-hydrogen) atoms. The van der Waals surface area contributed by atoms with E-state index in [-0.39, 0.29) is 24.0 Å². The minimum absolute atomic E-state index is 0. The van der Waals surface area contributed by atoms with Gasteiger partial charge in [-0.15, -0.1) is 12.4 Å². The number of piperidine rings is 1. The zero-order chi connectivity index (χ0) is 13.9. The number of halogens is 4. The van der Waals surface area contributed by atoms with Crippen LogP contribution in [0, 0.1) is 0 Å². The summed E-state index contributed by atoms with van der Waals surface area (Å²) >= 11 is 0. The summed E-state index contributed by atoms with van der Waals surface area (Å²) in [6.45, 7) is 1.57. The number of alkyl halides is 3. The molecule has 1 heterocycles. The molecule has 3 nitrogen and oxygen atoms in total. The van der Waals surface area contributed by atoms with Crippen LogP contribution in [0.25, 0.3) is 0 Å². The lowest BCUT2D eigenvalue weighted by molar-refractivity contribution is -0.137. The molecule has 1 atom stereocenters. The number of rotatable bonds is 2. The highest BCUT2D eigenvalue weighted by molar-refractivity contribution is 5.94. The van der Waals surface area contributed by atoms with Crippen LogP contribution >= 0.6 is 12.4 Å². The predicted molar refractivity (Wildman–Crippen MR) is 72.0 cm³/mol. The molecule has 0 aromatic heterocycles. The van der Waals surface area contributed by atoms with Crippen molar-refractivity contribution in [3.05, 3.63) is 35.4 Å². The maximum Gasteiger partial charge on any atom is 0.416 e. The highest BCUT2D eigenvalue weighted by atomic mass is 35.5. The molecule has 1 aliphatic rings. The quantitative estimate of drug-likeness (QED) is 0.882. The van der Waals surface area contributed by atoms with Gasteiger partial charge in [-0.1, -0.05) is 6.07 Å². The molecule has 0 radical (unpaired) electrons. The molecule has 112 valence electrons. The molecule has 1 aromatic rings. The Labute approximate surface area is 121 Å². The van der Waals surface area contributed by atoms with Crippen molar-refractivity contribution in [2.45, 2.75) is 25.1 Å². The minimum Gasteiger partial charge on any atom is -0.348 e. The number of carbonyl (C=O) groups is 1. The van der Waals surface area contributed by atoms with Crippen LogP contribution in [0.15, 0.2) is 24.3 Å². The van der Waals surface area contributed by atoms with Gasteiger partial charge < -0.3 is 10.6 Å². The van der Waals surface area contributed by atoms with Crippen LogP contribution in [0.4, 0.5) is 13.2 Å². The monoisotopic (exact) mass is 308 g/mol. The summed E-state index contributed by atoms with van der Waals surface area (Å²) in [5.74, 6) is -0.459. The topological polar surface area (TPSA) is 41.1 Å². The van der Waals surface area contributed by atoms with Crippen LogP contribution in [0.2, 0.25) is 0 Å². The minimum atomic E-state index is -4.43. The van der Waals surface area contributed by atoms with Crippen molar-refractivity contribution >= 4 is 18.3 Å². The summed E-state index contributed by atoms with van der Waals surface area (Å²) in [6, 6.07) is 4.46. The molecule has 1 saturated heterocycles. The molecule has 0 aliphatic carbocycles. The first-order chi connectivity index (χ1) is 8.97. The van der Waals surface area contributed by atoms with Gasteiger partial charge in [0.25, 0.3) is 5.91 Å². The number of benzene rings is 1. The van der Waals surface area contributed by atoms with E-state index in [9.17, 15) is 18.0 Å². The van der Waals surface area contributed by atoms with Gasteiger partial charge in [-0.2, -0.15) is 13.2 Å². The molecular weight excluding hydrogens is 293 g/mol. The summed E-state index contributed by atoms with van der Waals surface area (Å²) in [5, 5.41) is 5.88. The van der Waals surface area contributed by atoms with E-state index in [0.717, 1.165) is 31.5 Å². The second-order valence-corrected chi connectivity index (χ2v) is 4.60. The van der Waals surface area contributed by atoms with E-state index in [1.807, 2.05) is 0 Å². The third-order valence-corrected chi connectivity index (χ3v) is 3.08. The van der Waals surface area contributed by atoms with E-state index < -0.39 is 17.6 Å². The molecule has 1 aliphatic heterocycles. The molecule has 1 fully saturated rings. The van der Waals surface area contributed by atoms with Crippen LogP contribution in [0.3, 0.4) is 0 Å². The third kappa shape index (κ3) is 4.38. The largest absolute Gasteiger partial charge is 0.416 e. The first-order valence-electron chi connectivity index (χ1n) is 6.15. The SMILES string of the molecule is Cl.O=C(NC1CCCNC1)c1cccc(C(F)(F)F)c1. The highest BCUT2D eigenvalue weighted by Crippen LogP contribution is 2.29. The maximum atomic E-state index is 12.5. The van der Waals surface area contributed by atoms with Crippen molar-refractivity contribution in [3.8, 4) is 0 Å². The molecule has 1 aromatic carbocycles. The van der Waals surface area contributed by atoms with Crippen LogP contribution < -0.4 is 10.6 Å². The average molecular weight is 309 g/mol. The van der Waals surface area contributed by atoms with E-state index in [0.29, 0.717) is 6.54 Å². The van der Waals surface area contributed by atoms with Crippen molar-refractivity contribution in [1.29, 1.82) is 0 Å². The molecule has 0 saturated carbocycles. The van der Waals surface area contributed by atoms with Gasteiger partial charge in [0.05, 0.1) is 5.56 Å². The Morgan fingerprint density at radius 2 is 2.10 bits per heavy atom. The number of hydrogen-bond acceptors (Lipinski definition) is 2. The van der Waals surface area contributed by atoms with Gasteiger partial charge in [-0.3, -0.25) is 4.79 Å². The van der Waals surface area contributed by atoms with Gasteiger partial charge in [0.15, 0.2) is 0 Å². The first kappa shape index (κ1) is 16.8. The Balaban J connectivity index is 0.00000200. The van der Waals surface area contributed by atoms with Crippen molar-refractivity contribution < 1.29 is 18.0 Å². The summed E-state index contributed by atoms with van der Waals surface area (Å²) in [5.41, 5.74) is -0.762. The summed E-state index contributed by atoms with van der Waals surface area (Å²) in [4.78, 5) is 11.9. The fourth-order valence-electron chi connectivity index (χ4n) is 2.08. The Morgan fingerprint density at radius 3 is 2.70 bits per heavy atom. The lowest BCUT2D eigenvalue weighted by Crippen LogP contribution is -2.45. The molecule has 1 amide bonds. The zero-order valence-corrected chi connectivity index (χ0v) is 11.5. The molecule has 2 rings (SSSR count). The maximum absolute atomic E-state index is 12.5. The molecular formula is C13H16ClF3N2O. The van der Waals surface area contributed by atoms with E-state index >= 15 is 0 Å². The molecule has 1 unspecified atom stereocenters. The summed E-state index contributed by atoms with van der Waals surface area (Å²) in [7, 11) is 0. The Kier molecular flexibility index (Phi) is 5.83. The van der Waals surface area contributed by atoms with Gasteiger partial charge >= 0.3 is 6.18 Å². The Hall–Kier alpha value is -1.27.